The number of benzene rings is 1. The smallest absolute Gasteiger partial charge is 0.258 e. The summed E-state index contributed by atoms with van der Waals surface area (Å²) in [6, 6.07) is 7.02. The zero-order chi connectivity index (χ0) is 17.3. The van der Waals surface area contributed by atoms with Crippen LogP contribution in [0.1, 0.15) is 15.9 Å². The number of hydrogen-bond donors (Lipinski definition) is 0. The number of aromatic nitrogens is 1. The van der Waals surface area contributed by atoms with Crippen molar-refractivity contribution in [3.05, 3.63) is 44.5 Å². The topological polar surface area (TPSA) is 75.4 Å². The first kappa shape index (κ1) is 16.7. The van der Waals surface area contributed by atoms with Crippen LogP contribution in [0.5, 0.6) is 11.6 Å². The van der Waals surface area contributed by atoms with Gasteiger partial charge in [-0.15, -0.1) is 0 Å². The lowest BCUT2D eigenvalue weighted by Gasteiger charge is -2.29. The molecule has 1 aliphatic heterocycles. The van der Waals surface area contributed by atoms with Crippen LogP contribution in [0.4, 0.5) is 5.69 Å². The van der Waals surface area contributed by atoms with Crippen LogP contribution in [-0.2, 0) is 0 Å². The SMILES string of the molecule is COc1c(Br)cc(C(=O)N2CCOc3ncc(C#N)cc32)cc1Br. The first-order chi connectivity index (χ1) is 11.5. The molecule has 0 aliphatic carbocycles. The summed E-state index contributed by atoms with van der Waals surface area (Å²) in [6.45, 7) is 0.722. The number of nitriles is 1. The number of anilines is 1. The molecule has 0 saturated heterocycles. The summed E-state index contributed by atoms with van der Waals surface area (Å²) < 4.78 is 12.1. The Balaban J connectivity index is 2.02. The van der Waals surface area contributed by atoms with Crippen LogP contribution in [0.25, 0.3) is 0 Å². The summed E-state index contributed by atoms with van der Waals surface area (Å²) in [6.07, 6.45) is 1.42. The number of pyridine rings is 1. The molecule has 0 spiro atoms. The first-order valence-corrected chi connectivity index (χ1v) is 8.51. The van der Waals surface area contributed by atoms with Gasteiger partial charge in [0.25, 0.3) is 5.91 Å². The molecule has 2 heterocycles. The molecule has 1 aromatic carbocycles. The lowest BCUT2D eigenvalue weighted by Crippen LogP contribution is -2.38. The second-order valence-corrected chi connectivity index (χ2v) is 6.65. The van der Waals surface area contributed by atoms with Crippen molar-refractivity contribution in [2.24, 2.45) is 0 Å². The lowest BCUT2D eigenvalue weighted by molar-refractivity contribution is 0.0975. The summed E-state index contributed by atoms with van der Waals surface area (Å²) in [5.41, 5.74) is 1.34. The van der Waals surface area contributed by atoms with Crippen LogP contribution in [0.2, 0.25) is 0 Å². The Morgan fingerprint density at radius 1 is 1.38 bits per heavy atom. The highest BCUT2D eigenvalue weighted by Crippen LogP contribution is 2.36. The van der Waals surface area contributed by atoms with Gasteiger partial charge in [0, 0.05) is 11.8 Å². The predicted molar refractivity (Wildman–Crippen MR) is 94.5 cm³/mol. The molecule has 0 bridgehead atoms. The molecular weight excluding hydrogens is 442 g/mol. The van der Waals surface area contributed by atoms with Gasteiger partial charge in [-0.25, -0.2) is 4.98 Å². The molecule has 24 heavy (non-hydrogen) atoms. The van der Waals surface area contributed by atoms with Gasteiger partial charge in [-0.2, -0.15) is 5.26 Å². The highest BCUT2D eigenvalue weighted by atomic mass is 79.9. The summed E-state index contributed by atoms with van der Waals surface area (Å²) in [5.74, 6) is 0.753. The molecule has 0 atom stereocenters. The molecule has 1 amide bonds. The van der Waals surface area contributed by atoms with E-state index in [-0.39, 0.29) is 5.91 Å². The van der Waals surface area contributed by atoms with E-state index in [1.165, 1.54) is 6.20 Å². The van der Waals surface area contributed by atoms with Crippen molar-refractivity contribution in [3.63, 3.8) is 0 Å². The van der Waals surface area contributed by atoms with Gasteiger partial charge in [-0.3, -0.25) is 4.79 Å². The third-order valence-corrected chi connectivity index (χ3v) is 4.68. The normalized spacial score (nSPS) is 12.8. The number of halogens is 2. The molecule has 0 unspecified atom stereocenters. The van der Waals surface area contributed by atoms with Crippen molar-refractivity contribution >= 4 is 43.5 Å². The average Bonchev–Trinajstić information content (AvgIpc) is 2.59. The van der Waals surface area contributed by atoms with E-state index in [0.717, 1.165) is 0 Å². The summed E-state index contributed by atoms with van der Waals surface area (Å²) in [7, 11) is 1.56. The highest BCUT2D eigenvalue weighted by molar-refractivity contribution is 9.11. The van der Waals surface area contributed by atoms with Crippen molar-refractivity contribution in [1.29, 1.82) is 5.26 Å². The van der Waals surface area contributed by atoms with Gasteiger partial charge in [0.1, 0.15) is 24.1 Å². The van der Waals surface area contributed by atoms with Gasteiger partial charge < -0.3 is 14.4 Å². The number of fused-ring (bicyclic) bond motifs is 1. The van der Waals surface area contributed by atoms with E-state index >= 15 is 0 Å². The van der Waals surface area contributed by atoms with Crippen molar-refractivity contribution in [2.45, 2.75) is 0 Å². The molecular formula is C16H11Br2N3O3. The molecule has 0 saturated carbocycles. The summed E-state index contributed by atoms with van der Waals surface area (Å²) in [5, 5.41) is 9.05. The fourth-order valence-corrected chi connectivity index (χ4v) is 3.92. The molecule has 8 heteroatoms. The van der Waals surface area contributed by atoms with Crippen LogP contribution in [-0.4, -0.2) is 31.2 Å². The Kier molecular flexibility index (Phi) is 4.73. The van der Waals surface area contributed by atoms with E-state index in [4.69, 9.17) is 14.7 Å². The Morgan fingerprint density at radius 2 is 2.08 bits per heavy atom. The largest absolute Gasteiger partial charge is 0.494 e. The molecule has 1 aliphatic rings. The first-order valence-electron chi connectivity index (χ1n) is 6.93. The zero-order valence-corrected chi connectivity index (χ0v) is 15.7. The van der Waals surface area contributed by atoms with E-state index in [0.29, 0.717) is 50.5 Å². The van der Waals surface area contributed by atoms with Gasteiger partial charge in [-0.05, 0) is 50.1 Å². The Bertz CT molecular complexity index is 841. The van der Waals surface area contributed by atoms with Gasteiger partial charge in [0.15, 0.2) is 0 Å². The van der Waals surface area contributed by atoms with Gasteiger partial charge >= 0.3 is 0 Å². The summed E-state index contributed by atoms with van der Waals surface area (Å²) >= 11 is 6.80. The molecule has 0 N–H and O–H groups in total. The van der Waals surface area contributed by atoms with Crippen molar-refractivity contribution in [1.82, 2.24) is 4.98 Å². The van der Waals surface area contributed by atoms with Crippen LogP contribution in [0, 0.1) is 11.3 Å². The average molecular weight is 453 g/mol. The summed E-state index contributed by atoms with van der Waals surface area (Å²) in [4.78, 5) is 18.6. The van der Waals surface area contributed by atoms with Gasteiger partial charge in [-0.1, -0.05) is 0 Å². The number of carbonyl (C=O) groups excluding carboxylic acids is 1. The molecule has 6 nitrogen and oxygen atoms in total. The standard InChI is InChI=1S/C16H11Br2N3O3/c1-23-14-11(17)5-10(6-12(14)18)16(22)21-2-3-24-15-13(21)4-9(7-19)8-20-15/h4-6,8H,2-3H2,1H3. The minimum atomic E-state index is -0.208. The lowest BCUT2D eigenvalue weighted by atomic mass is 10.1. The van der Waals surface area contributed by atoms with Crippen LogP contribution >= 0.6 is 31.9 Å². The maximum absolute atomic E-state index is 12.9. The highest BCUT2D eigenvalue weighted by Gasteiger charge is 2.27. The second kappa shape index (κ2) is 6.79. The number of methoxy groups -OCH3 is 1. The molecule has 122 valence electrons. The number of nitrogens with zero attached hydrogens (tertiary/aromatic N) is 3. The maximum atomic E-state index is 12.9. The zero-order valence-electron chi connectivity index (χ0n) is 12.5. The van der Waals surface area contributed by atoms with Crippen LogP contribution in [0.3, 0.4) is 0 Å². The number of hydrogen-bond acceptors (Lipinski definition) is 5. The Morgan fingerprint density at radius 3 is 2.71 bits per heavy atom. The minimum Gasteiger partial charge on any atom is -0.494 e. The third-order valence-electron chi connectivity index (χ3n) is 3.50. The number of ether oxygens (including phenoxy) is 2. The van der Waals surface area contributed by atoms with Crippen molar-refractivity contribution in [2.75, 3.05) is 25.2 Å². The number of rotatable bonds is 2. The van der Waals surface area contributed by atoms with E-state index in [9.17, 15) is 4.79 Å². The van der Waals surface area contributed by atoms with E-state index in [1.54, 1.807) is 30.2 Å². The van der Waals surface area contributed by atoms with Crippen molar-refractivity contribution < 1.29 is 14.3 Å². The maximum Gasteiger partial charge on any atom is 0.258 e. The van der Waals surface area contributed by atoms with E-state index in [1.807, 2.05) is 6.07 Å². The molecule has 1 aromatic heterocycles. The van der Waals surface area contributed by atoms with E-state index in [2.05, 4.69) is 36.8 Å². The van der Waals surface area contributed by atoms with Crippen LogP contribution < -0.4 is 14.4 Å². The van der Waals surface area contributed by atoms with Crippen LogP contribution in [0.15, 0.2) is 33.3 Å². The predicted octanol–water partition coefficient (Wildman–Crippen LogP) is 3.53. The monoisotopic (exact) mass is 451 g/mol. The Hall–Kier alpha value is -2.11. The van der Waals surface area contributed by atoms with Gasteiger partial charge in [0.05, 0.1) is 28.2 Å². The quantitative estimate of drug-likeness (QED) is 0.696. The molecule has 0 fully saturated rings. The second-order valence-electron chi connectivity index (χ2n) is 4.94. The fraction of sp³-hybridized carbons (Fsp3) is 0.188. The Labute approximate surface area is 155 Å². The minimum absolute atomic E-state index is 0.208. The molecule has 2 aromatic rings. The third kappa shape index (κ3) is 2.97. The number of carbonyl (C=O) groups is 1. The molecule has 3 rings (SSSR count). The fourth-order valence-electron chi connectivity index (χ4n) is 2.41. The molecule has 0 radical (unpaired) electrons. The van der Waals surface area contributed by atoms with Crippen molar-refractivity contribution in [3.8, 4) is 17.7 Å². The number of amides is 1. The van der Waals surface area contributed by atoms with Gasteiger partial charge in [0.2, 0.25) is 5.88 Å². The van der Waals surface area contributed by atoms with E-state index < -0.39 is 0 Å².